The number of nitrogens with one attached hydrogen (secondary N) is 2. The third-order valence-corrected chi connectivity index (χ3v) is 5.38. The van der Waals surface area contributed by atoms with Crippen molar-refractivity contribution in [3.8, 4) is 0 Å². The summed E-state index contributed by atoms with van der Waals surface area (Å²) in [5.41, 5.74) is 2.17. The van der Waals surface area contributed by atoms with E-state index in [-0.39, 0.29) is 11.9 Å². The zero-order valence-electron chi connectivity index (χ0n) is 17.6. The fraction of sp³-hybridized carbons (Fsp3) is 0.409. The molecule has 3 N–H and O–H groups in total. The van der Waals surface area contributed by atoms with Crippen LogP contribution >= 0.6 is 0 Å². The van der Waals surface area contributed by atoms with Crippen LogP contribution < -0.4 is 15.5 Å². The van der Waals surface area contributed by atoms with Crippen molar-refractivity contribution < 1.29 is 9.50 Å². The molecular formula is C22H28FN7O. The number of aliphatic imine (C=N–C) groups is 1. The Balaban J connectivity index is 1.40. The van der Waals surface area contributed by atoms with Crippen LogP contribution in [-0.4, -0.2) is 51.4 Å². The van der Waals surface area contributed by atoms with Gasteiger partial charge in [-0.15, -0.1) is 10.2 Å². The minimum Gasteiger partial charge on any atom is -0.393 e. The molecule has 1 aliphatic heterocycles. The number of rotatable bonds is 6. The van der Waals surface area contributed by atoms with E-state index < -0.39 is 0 Å². The first kappa shape index (κ1) is 21.0. The first-order valence-corrected chi connectivity index (χ1v) is 10.7. The van der Waals surface area contributed by atoms with E-state index in [1.165, 1.54) is 0 Å². The maximum atomic E-state index is 14.7. The Morgan fingerprint density at radius 1 is 1.19 bits per heavy atom. The number of aliphatic hydroxyl groups excluding tert-OH is 1. The number of halogens is 1. The van der Waals surface area contributed by atoms with Gasteiger partial charge in [-0.1, -0.05) is 12.1 Å². The first-order valence-electron chi connectivity index (χ1n) is 10.7. The van der Waals surface area contributed by atoms with E-state index in [0.29, 0.717) is 57.2 Å². The monoisotopic (exact) mass is 425 g/mol. The molecule has 0 radical (unpaired) electrons. The Bertz CT molecular complexity index is 1040. The zero-order chi connectivity index (χ0) is 21.6. The molecule has 0 amide bonds. The average Bonchev–Trinajstić information content (AvgIpc) is 3.20. The Morgan fingerprint density at radius 3 is 2.81 bits per heavy atom. The fourth-order valence-corrected chi connectivity index (χ4v) is 3.70. The highest BCUT2D eigenvalue weighted by atomic mass is 19.1. The molecule has 1 saturated heterocycles. The van der Waals surface area contributed by atoms with Gasteiger partial charge in [0.05, 0.1) is 24.9 Å². The van der Waals surface area contributed by atoms with E-state index in [1.54, 1.807) is 12.1 Å². The SMILES string of the molecule is CCNC(=NCc1ccc(N2CCC(O)CC2)c(F)c1)NCc1nnc2ccccn12. The van der Waals surface area contributed by atoms with Gasteiger partial charge in [0, 0.05) is 25.8 Å². The summed E-state index contributed by atoms with van der Waals surface area (Å²) in [6.45, 7) is 4.86. The Hall–Kier alpha value is -3.20. The second-order valence-corrected chi connectivity index (χ2v) is 7.60. The van der Waals surface area contributed by atoms with Gasteiger partial charge in [0.1, 0.15) is 5.82 Å². The number of aliphatic hydroxyl groups is 1. The van der Waals surface area contributed by atoms with Gasteiger partial charge in [0.2, 0.25) is 0 Å². The summed E-state index contributed by atoms with van der Waals surface area (Å²) in [5.74, 6) is 1.16. The van der Waals surface area contributed by atoms with Crippen LogP contribution in [0.2, 0.25) is 0 Å². The number of fused-ring (bicyclic) bond motifs is 1. The molecule has 0 saturated carbocycles. The predicted octanol–water partition coefficient (Wildman–Crippen LogP) is 2.08. The smallest absolute Gasteiger partial charge is 0.191 e. The molecule has 0 unspecified atom stereocenters. The molecule has 3 heterocycles. The van der Waals surface area contributed by atoms with Crippen molar-refractivity contribution in [2.24, 2.45) is 4.99 Å². The van der Waals surface area contributed by atoms with Gasteiger partial charge in [-0.05, 0) is 49.6 Å². The first-order chi connectivity index (χ1) is 15.1. The van der Waals surface area contributed by atoms with E-state index in [0.717, 1.165) is 17.0 Å². The molecule has 0 spiro atoms. The normalized spacial score (nSPS) is 15.5. The molecular weight excluding hydrogens is 397 g/mol. The summed E-state index contributed by atoms with van der Waals surface area (Å²) in [6, 6.07) is 11.0. The molecule has 0 atom stereocenters. The third-order valence-electron chi connectivity index (χ3n) is 5.38. The standard InChI is InChI=1S/C22H28FN7O/c1-2-24-22(26-15-21-28-27-20-5-3-4-10-30(20)21)25-14-16-6-7-19(18(23)13-16)29-11-8-17(31)9-12-29/h3-7,10,13,17,31H,2,8-9,11-12,14-15H2,1H3,(H2,24,25,26). The molecule has 9 heteroatoms. The fourth-order valence-electron chi connectivity index (χ4n) is 3.70. The Kier molecular flexibility index (Phi) is 6.61. The highest BCUT2D eigenvalue weighted by molar-refractivity contribution is 5.79. The number of pyridine rings is 1. The van der Waals surface area contributed by atoms with Crippen molar-refractivity contribution in [3.63, 3.8) is 0 Å². The topological polar surface area (TPSA) is 90.1 Å². The maximum absolute atomic E-state index is 14.7. The number of hydrogen-bond donors (Lipinski definition) is 3. The second kappa shape index (κ2) is 9.74. The quantitative estimate of drug-likeness (QED) is 0.414. The van der Waals surface area contributed by atoms with E-state index in [9.17, 15) is 9.50 Å². The Morgan fingerprint density at radius 2 is 2.03 bits per heavy atom. The van der Waals surface area contributed by atoms with Crippen LogP contribution in [0.4, 0.5) is 10.1 Å². The van der Waals surface area contributed by atoms with E-state index >= 15 is 0 Å². The van der Waals surface area contributed by atoms with Gasteiger partial charge in [0.25, 0.3) is 0 Å². The predicted molar refractivity (Wildman–Crippen MR) is 118 cm³/mol. The van der Waals surface area contributed by atoms with E-state index in [4.69, 9.17) is 0 Å². The van der Waals surface area contributed by atoms with E-state index in [1.807, 2.05) is 46.7 Å². The minimum atomic E-state index is -0.277. The molecule has 1 aliphatic rings. The van der Waals surface area contributed by atoms with Crippen molar-refractivity contribution in [1.29, 1.82) is 0 Å². The summed E-state index contributed by atoms with van der Waals surface area (Å²) in [7, 11) is 0. The third kappa shape index (κ3) is 5.11. The van der Waals surface area contributed by atoms with Crippen LogP contribution in [-0.2, 0) is 13.1 Å². The molecule has 3 aromatic rings. The lowest BCUT2D eigenvalue weighted by Crippen LogP contribution is -2.37. The summed E-state index contributed by atoms with van der Waals surface area (Å²) in [6.07, 6.45) is 2.99. The molecule has 0 bridgehead atoms. The zero-order valence-corrected chi connectivity index (χ0v) is 17.6. The molecule has 1 fully saturated rings. The lowest BCUT2D eigenvalue weighted by molar-refractivity contribution is 0.145. The number of nitrogens with zero attached hydrogens (tertiary/aromatic N) is 5. The molecule has 31 heavy (non-hydrogen) atoms. The number of piperidine rings is 1. The van der Waals surface area contributed by atoms with Crippen molar-refractivity contribution in [3.05, 3.63) is 59.8 Å². The van der Waals surface area contributed by atoms with Crippen LogP contribution in [0.5, 0.6) is 0 Å². The number of anilines is 1. The molecule has 1 aromatic carbocycles. The largest absolute Gasteiger partial charge is 0.393 e. The lowest BCUT2D eigenvalue weighted by atomic mass is 10.1. The number of hydrogen-bond acceptors (Lipinski definition) is 5. The Labute approximate surface area is 180 Å². The molecule has 0 aliphatic carbocycles. The average molecular weight is 426 g/mol. The van der Waals surface area contributed by atoms with Crippen LogP contribution in [0.15, 0.2) is 47.6 Å². The summed E-state index contributed by atoms with van der Waals surface area (Å²) >= 11 is 0. The van der Waals surface area contributed by atoms with E-state index in [2.05, 4.69) is 25.8 Å². The van der Waals surface area contributed by atoms with Crippen LogP contribution in [0.1, 0.15) is 31.2 Å². The molecule has 8 nitrogen and oxygen atoms in total. The van der Waals surface area contributed by atoms with Gasteiger partial charge in [0.15, 0.2) is 17.4 Å². The lowest BCUT2D eigenvalue weighted by Gasteiger charge is -2.31. The van der Waals surface area contributed by atoms with Gasteiger partial charge in [-0.25, -0.2) is 9.38 Å². The second-order valence-electron chi connectivity index (χ2n) is 7.60. The minimum absolute atomic E-state index is 0.253. The molecule has 2 aromatic heterocycles. The highest BCUT2D eigenvalue weighted by Crippen LogP contribution is 2.24. The summed E-state index contributed by atoms with van der Waals surface area (Å²) in [5, 5.41) is 24.5. The van der Waals surface area contributed by atoms with Crippen LogP contribution in [0, 0.1) is 5.82 Å². The number of aromatic nitrogens is 3. The maximum Gasteiger partial charge on any atom is 0.191 e. The van der Waals surface area contributed by atoms with Crippen LogP contribution in [0.3, 0.4) is 0 Å². The summed E-state index contributed by atoms with van der Waals surface area (Å²) in [4.78, 5) is 6.57. The van der Waals surface area contributed by atoms with Crippen LogP contribution in [0.25, 0.3) is 5.65 Å². The van der Waals surface area contributed by atoms with Crippen molar-refractivity contribution >= 4 is 17.3 Å². The highest BCUT2D eigenvalue weighted by Gasteiger charge is 2.19. The van der Waals surface area contributed by atoms with Crippen molar-refractivity contribution in [2.45, 2.75) is 39.0 Å². The molecule has 4 rings (SSSR count). The van der Waals surface area contributed by atoms with Gasteiger partial charge in [-0.3, -0.25) is 4.40 Å². The van der Waals surface area contributed by atoms with Crippen molar-refractivity contribution in [2.75, 3.05) is 24.5 Å². The van der Waals surface area contributed by atoms with Gasteiger partial charge in [-0.2, -0.15) is 0 Å². The number of benzene rings is 1. The van der Waals surface area contributed by atoms with Crippen molar-refractivity contribution in [1.82, 2.24) is 25.2 Å². The van der Waals surface area contributed by atoms with Gasteiger partial charge < -0.3 is 20.6 Å². The van der Waals surface area contributed by atoms with Gasteiger partial charge >= 0.3 is 0 Å². The number of guanidine groups is 1. The summed E-state index contributed by atoms with van der Waals surface area (Å²) < 4.78 is 16.6. The molecule has 164 valence electrons.